The summed E-state index contributed by atoms with van der Waals surface area (Å²) in [4.78, 5) is 19.5. The third kappa shape index (κ3) is 6.36. The number of nitrogens with zero attached hydrogens (tertiary/aromatic N) is 4. The quantitative estimate of drug-likeness (QED) is 0.595. The number of rotatable bonds is 8. The zero-order valence-electron chi connectivity index (χ0n) is 21.5. The number of methoxy groups -OCH3 is 1. The van der Waals surface area contributed by atoms with Crippen LogP contribution in [0.1, 0.15) is 44.9 Å². The van der Waals surface area contributed by atoms with E-state index in [0.717, 1.165) is 88.6 Å². The normalized spacial score (nSPS) is 24.9. The molecule has 198 valence electrons. The van der Waals surface area contributed by atoms with Crippen LogP contribution in [-0.4, -0.2) is 92.5 Å². The molecule has 3 aliphatic rings. The molecular weight excluding hydrogens is 461 g/mol. The average Bonchev–Trinajstić information content (AvgIpc) is 3.32. The van der Waals surface area contributed by atoms with Gasteiger partial charge in [0.1, 0.15) is 5.82 Å². The van der Waals surface area contributed by atoms with Crippen molar-refractivity contribution in [3.63, 3.8) is 0 Å². The summed E-state index contributed by atoms with van der Waals surface area (Å²) in [5, 5.41) is 8.24. The molecule has 5 rings (SSSR count). The van der Waals surface area contributed by atoms with E-state index >= 15 is 0 Å². The minimum Gasteiger partial charge on any atom is -0.381 e. The minimum absolute atomic E-state index is 0.176. The first-order chi connectivity index (χ1) is 17.6. The second-order valence-electron chi connectivity index (χ2n) is 10.8. The molecule has 1 aliphatic carbocycles. The van der Waals surface area contributed by atoms with E-state index in [1.165, 1.54) is 31.4 Å². The predicted octanol–water partition coefficient (Wildman–Crippen LogP) is 3.26. The van der Waals surface area contributed by atoms with Gasteiger partial charge in [-0.1, -0.05) is 5.16 Å². The number of likely N-dealkylation sites (tertiary alicyclic amines) is 1. The van der Waals surface area contributed by atoms with Crippen LogP contribution in [0.2, 0.25) is 0 Å². The van der Waals surface area contributed by atoms with E-state index in [9.17, 15) is 9.18 Å². The first kappa shape index (κ1) is 25.4. The maximum atomic E-state index is 13.7. The number of aromatic nitrogens is 1. The lowest BCUT2D eigenvalue weighted by Crippen LogP contribution is -2.47. The molecule has 0 radical (unpaired) electrons. The number of hydrogen-bond acceptors (Lipinski definition) is 7. The summed E-state index contributed by atoms with van der Waals surface area (Å²) in [5.74, 6) is 1.41. The van der Waals surface area contributed by atoms with Gasteiger partial charge >= 0.3 is 0 Å². The van der Waals surface area contributed by atoms with Gasteiger partial charge in [0.2, 0.25) is 5.91 Å². The summed E-state index contributed by atoms with van der Waals surface area (Å²) in [7, 11) is 1.77. The van der Waals surface area contributed by atoms with Gasteiger partial charge in [-0.15, -0.1) is 0 Å². The van der Waals surface area contributed by atoms with Crippen LogP contribution in [0.3, 0.4) is 0 Å². The lowest BCUT2D eigenvalue weighted by atomic mass is 9.84. The molecule has 0 bridgehead atoms. The highest BCUT2D eigenvalue weighted by molar-refractivity contribution is 5.88. The van der Waals surface area contributed by atoms with Crippen molar-refractivity contribution < 1.29 is 18.4 Å². The summed E-state index contributed by atoms with van der Waals surface area (Å²) >= 11 is 0. The molecule has 9 heteroatoms. The van der Waals surface area contributed by atoms with E-state index in [0.29, 0.717) is 24.3 Å². The minimum atomic E-state index is -0.262. The van der Waals surface area contributed by atoms with Crippen molar-refractivity contribution in [2.75, 3.05) is 64.4 Å². The zero-order chi connectivity index (χ0) is 24.9. The third-order valence-corrected chi connectivity index (χ3v) is 8.39. The number of piperazine rings is 1. The molecule has 2 aliphatic heterocycles. The van der Waals surface area contributed by atoms with Gasteiger partial charge in [-0.25, -0.2) is 4.39 Å². The number of halogens is 1. The molecule has 0 atom stereocenters. The Morgan fingerprint density at radius 3 is 2.53 bits per heavy atom. The molecule has 1 amide bonds. The Balaban J connectivity index is 0.976. The molecule has 1 aromatic heterocycles. The Hall–Kier alpha value is -2.23. The number of hydrogen-bond donors (Lipinski definition) is 1. The number of benzene rings is 1. The van der Waals surface area contributed by atoms with E-state index in [1.807, 2.05) is 0 Å². The second kappa shape index (κ2) is 11.9. The van der Waals surface area contributed by atoms with Crippen molar-refractivity contribution in [3.8, 4) is 0 Å². The molecule has 0 spiro atoms. The number of nitrogens with one attached hydrogen (secondary N) is 1. The van der Waals surface area contributed by atoms with Crippen molar-refractivity contribution >= 4 is 22.7 Å². The fraction of sp³-hybridized carbons (Fsp3) is 0.704. The fourth-order valence-electron chi connectivity index (χ4n) is 6.05. The van der Waals surface area contributed by atoms with Gasteiger partial charge in [0.15, 0.2) is 11.4 Å². The molecule has 1 N–H and O–H groups in total. The highest BCUT2D eigenvalue weighted by Gasteiger charge is 2.26. The summed E-state index contributed by atoms with van der Waals surface area (Å²) in [6, 6.07) is 4.89. The number of carbonyl (C=O) groups is 1. The van der Waals surface area contributed by atoms with E-state index in [1.54, 1.807) is 13.2 Å². The zero-order valence-corrected chi connectivity index (χ0v) is 21.5. The van der Waals surface area contributed by atoms with Gasteiger partial charge < -0.3 is 19.5 Å². The number of piperidine rings is 1. The largest absolute Gasteiger partial charge is 0.381 e. The number of fused-ring (bicyclic) bond motifs is 1. The first-order valence-corrected chi connectivity index (χ1v) is 13.6. The van der Waals surface area contributed by atoms with Gasteiger partial charge in [0, 0.05) is 52.4 Å². The second-order valence-corrected chi connectivity index (χ2v) is 10.8. The van der Waals surface area contributed by atoms with Crippen LogP contribution >= 0.6 is 0 Å². The van der Waals surface area contributed by atoms with Crippen LogP contribution in [0.4, 0.5) is 10.2 Å². The maximum absolute atomic E-state index is 13.7. The van der Waals surface area contributed by atoms with Crippen LogP contribution in [0.25, 0.3) is 11.0 Å². The van der Waals surface area contributed by atoms with Gasteiger partial charge in [-0.05, 0) is 75.6 Å². The van der Waals surface area contributed by atoms with E-state index in [4.69, 9.17) is 9.26 Å². The van der Waals surface area contributed by atoms with E-state index in [2.05, 4.69) is 25.2 Å². The van der Waals surface area contributed by atoms with Crippen molar-refractivity contribution in [2.24, 2.45) is 5.92 Å². The summed E-state index contributed by atoms with van der Waals surface area (Å²) < 4.78 is 24.5. The lowest BCUT2D eigenvalue weighted by Gasteiger charge is -2.36. The van der Waals surface area contributed by atoms with Crippen molar-refractivity contribution in [1.29, 1.82) is 0 Å². The summed E-state index contributed by atoms with van der Waals surface area (Å²) in [6.45, 7) is 7.23. The van der Waals surface area contributed by atoms with Gasteiger partial charge in [0.25, 0.3) is 0 Å². The van der Waals surface area contributed by atoms with Crippen molar-refractivity contribution in [3.05, 3.63) is 24.0 Å². The fourth-order valence-corrected chi connectivity index (χ4v) is 6.05. The molecule has 36 heavy (non-hydrogen) atoms. The van der Waals surface area contributed by atoms with Gasteiger partial charge in [-0.3, -0.25) is 14.6 Å². The van der Waals surface area contributed by atoms with Crippen LogP contribution in [0, 0.1) is 11.7 Å². The van der Waals surface area contributed by atoms with Crippen LogP contribution in [0.5, 0.6) is 0 Å². The Bertz CT molecular complexity index is 992. The van der Waals surface area contributed by atoms with Crippen LogP contribution in [0.15, 0.2) is 22.7 Å². The van der Waals surface area contributed by atoms with Gasteiger partial charge in [-0.2, -0.15) is 0 Å². The topological polar surface area (TPSA) is 74.1 Å². The molecule has 3 fully saturated rings. The molecule has 3 heterocycles. The Kier molecular flexibility index (Phi) is 8.39. The highest BCUT2D eigenvalue weighted by atomic mass is 19.1. The molecule has 1 saturated carbocycles. The summed E-state index contributed by atoms with van der Waals surface area (Å²) in [5.41, 5.74) is 0.632. The SMILES string of the molecule is COC1CCN(CC(=O)NC2CCC(CCN3CCN(c4noc5ccc(F)cc45)CC3)CC2)CC1. The molecule has 2 saturated heterocycles. The molecular formula is C27H40FN5O3. The predicted molar refractivity (Wildman–Crippen MR) is 138 cm³/mol. The number of anilines is 1. The van der Waals surface area contributed by atoms with Gasteiger partial charge in [0.05, 0.1) is 18.0 Å². The molecule has 1 aromatic carbocycles. The first-order valence-electron chi connectivity index (χ1n) is 13.6. The maximum Gasteiger partial charge on any atom is 0.234 e. The Morgan fingerprint density at radius 1 is 1.06 bits per heavy atom. The monoisotopic (exact) mass is 501 g/mol. The Morgan fingerprint density at radius 2 is 1.81 bits per heavy atom. The molecule has 0 unspecified atom stereocenters. The number of amides is 1. The standard InChI is InChI=1S/C27H40FN5O3/c1-35-23-9-12-32(13-10-23)19-26(34)29-22-5-2-20(3-6-22)8-11-31-14-16-33(17-15-31)27-24-18-21(28)4-7-25(24)36-30-27/h4,7,18,20,22-23H,2-3,5-6,8-17,19H2,1H3,(H,29,34). The molecule has 2 aromatic rings. The van der Waals surface area contributed by atoms with Crippen molar-refractivity contribution in [1.82, 2.24) is 20.3 Å². The number of carbonyl (C=O) groups excluding carboxylic acids is 1. The van der Waals surface area contributed by atoms with E-state index < -0.39 is 0 Å². The number of ether oxygens (including phenoxy) is 1. The Labute approximate surface area is 213 Å². The lowest BCUT2D eigenvalue weighted by molar-refractivity contribution is -0.123. The van der Waals surface area contributed by atoms with E-state index in [-0.39, 0.29) is 11.7 Å². The highest BCUT2D eigenvalue weighted by Crippen LogP contribution is 2.29. The third-order valence-electron chi connectivity index (χ3n) is 8.39. The summed E-state index contributed by atoms with van der Waals surface area (Å²) in [6.07, 6.45) is 8.16. The van der Waals surface area contributed by atoms with Crippen LogP contribution < -0.4 is 10.2 Å². The van der Waals surface area contributed by atoms with Crippen LogP contribution in [-0.2, 0) is 9.53 Å². The smallest absolute Gasteiger partial charge is 0.234 e. The van der Waals surface area contributed by atoms with Crippen molar-refractivity contribution in [2.45, 2.75) is 57.1 Å². The molecule has 8 nitrogen and oxygen atoms in total. The average molecular weight is 502 g/mol.